The molecular formula is C42H32BiN3Si. The Bertz CT molecular complexity index is 2290. The molecule has 8 rings (SSSR count). The van der Waals surface area contributed by atoms with E-state index in [0.29, 0.717) is 0 Å². The van der Waals surface area contributed by atoms with Crippen LogP contribution in [0.3, 0.4) is 0 Å². The molecule has 0 unspecified atom stereocenters. The molecule has 0 amide bonds. The number of hydrogen-bond donors (Lipinski definition) is 0. The molecule has 0 aliphatic carbocycles. The predicted octanol–water partition coefficient (Wildman–Crippen LogP) is 6.03. The third kappa shape index (κ3) is 5.06. The van der Waals surface area contributed by atoms with E-state index >= 15 is 0 Å². The first-order valence-corrected chi connectivity index (χ1v) is 19.6. The van der Waals surface area contributed by atoms with Gasteiger partial charge in [0.2, 0.25) is 0 Å². The maximum absolute atomic E-state index is 4.96. The van der Waals surface area contributed by atoms with Crippen molar-refractivity contribution in [2.45, 2.75) is 13.8 Å². The van der Waals surface area contributed by atoms with Crippen molar-refractivity contribution in [1.29, 1.82) is 0 Å². The van der Waals surface area contributed by atoms with E-state index < -0.39 is 8.07 Å². The van der Waals surface area contributed by atoms with Gasteiger partial charge in [0.1, 0.15) is 0 Å². The number of fused-ring (bicyclic) bond motifs is 3. The van der Waals surface area contributed by atoms with Crippen LogP contribution in [0.25, 0.3) is 38.9 Å². The van der Waals surface area contributed by atoms with Gasteiger partial charge in [-0.2, -0.15) is 0 Å². The summed E-state index contributed by atoms with van der Waals surface area (Å²) in [6.07, 6.45) is 0. The molecule has 0 aliphatic heterocycles. The molecule has 0 bridgehead atoms. The molecule has 8 aromatic rings. The van der Waals surface area contributed by atoms with E-state index in [4.69, 9.17) is 9.97 Å². The van der Waals surface area contributed by atoms with Gasteiger partial charge in [0, 0.05) is 10.8 Å². The predicted molar refractivity (Wildman–Crippen MR) is 200 cm³/mol. The molecule has 2 heterocycles. The standard InChI is InChI=1S/C42H32N3Si.Bi/c1-30-24-25-36(29-39(30)42-43-27-26-31(2)44-42)46(33-15-5-3-6-16-33,34-17-7-4-8-18-34)35-19-13-14-32(28-35)45-40-22-11-9-20-37(40)38-21-10-12-23-41(38)45;/h3-26,28-29H,1-2H3;. The summed E-state index contributed by atoms with van der Waals surface area (Å²) >= 11 is 1.11. The Morgan fingerprint density at radius 2 is 1.06 bits per heavy atom. The van der Waals surface area contributed by atoms with E-state index in [1.165, 1.54) is 48.1 Å². The topological polar surface area (TPSA) is 30.7 Å². The van der Waals surface area contributed by atoms with Crippen molar-refractivity contribution in [3.05, 3.63) is 169 Å². The molecule has 0 fully saturated rings. The SMILES string of the molecule is Cc1c[c]([Bi])nc(-c2cc([Si](c3ccccc3)(c3ccccc3)c3cccc(-n4c5ccccc5c5ccccc54)c3)ccc2C)n1. The van der Waals surface area contributed by atoms with Gasteiger partial charge in [-0.05, 0) is 12.1 Å². The second kappa shape index (κ2) is 12.2. The van der Waals surface area contributed by atoms with Gasteiger partial charge < -0.3 is 0 Å². The second-order valence-electron chi connectivity index (χ2n) is 12.1. The van der Waals surface area contributed by atoms with Gasteiger partial charge in [0.15, 0.2) is 0 Å². The van der Waals surface area contributed by atoms with Gasteiger partial charge in [-0.1, -0.05) is 36.4 Å². The number of benzene rings is 6. The summed E-state index contributed by atoms with van der Waals surface area (Å²) in [7, 11) is -2.86. The number of hydrogen-bond acceptors (Lipinski definition) is 2. The maximum atomic E-state index is 4.96. The minimum absolute atomic E-state index is 0.810. The molecular weight excluding hydrogens is 784 g/mol. The van der Waals surface area contributed by atoms with Crippen LogP contribution in [0.4, 0.5) is 0 Å². The fourth-order valence-electron chi connectivity index (χ4n) is 7.22. The van der Waals surface area contributed by atoms with Gasteiger partial charge in [-0.3, -0.25) is 0 Å². The van der Waals surface area contributed by atoms with E-state index in [-0.39, 0.29) is 0 Å². The first kappa shape index (κ1) is 29.7. The zero-order valence-electron chi connectivity index (χ0n) is 26.3. The number of nitrogens with zero attached hydrogens (tertiary/aromatic N) is 3. The summed E-state index contributed by atoms with van der Waals surface area (Å²) in [6.45, 7) is 4.24. The van der Waals surface area contributed by atoms with Crippen molar-refractivity contribution in [2.75, 3.05) is 0 Å². The molecule has 0 spiro atoms. The third-order valence-corrected chi connectivity index (χ3v) is 14.9. The fraction of sp³-hybridized carbons (Fsp3) is 0.0476. The van der Waals surface area contributed by atoms with Crippen LogP contribution in [0, 0.1) is 13.8 Å². The van der Waals surface area contributed by atoms with Crippen molar-refractivity contribution in [3.63, 3.8) is 0 Å². The van der Waals surface area contributed by atoms with Crippen LogP contribution in [0.1, 0.15) is 11.3 Å². The average molecular weight is 816 g/mol. The van der Waals surface area contributed by atoms with Crippen molar-refractivity contribution >= 4 is 78.7 Å². The molecule has 2 aromatic heterocycles. The molecule has 6 aromatic carbocycles. The quantitative estimate of drug-likeness (QED) is 0.152. The second-order valence-corrected chi connectivity index (χ2v) is 17.7. The Balaban J connectivity index is 1.46. The number of rotatable bonds is 6. The first-order chi connectivity index (χ1) is 23.0. The zero-order chi connectivity index (χ0) is 32.0. The van der Waals surface area contributed by atoms with Crippen molar-refractivity contribution < 1.29 is 0 Å². The van der Waals surface area contributed by atoms with Gasteiger partial charge in [-0.15, -0.1) is 0 Å². The van der Waals surface area contributed by atoms with Crippen LogP contribution in [0.5, 0.6) is 0 Å². The number of aryl methyl sites for hydroxylation is 2. The summed E-state index contributed by atoms with van der Waals surface area (Å²) < 4.78 is 3.52. The molecule has 0 saturated heterocycles. The Kier molecular flexibility index (Phi) is 7.67. The molecule has 5 heteroatoms. The van der Waals surface area contributed by atoms with Crippen LogP contribution < -0.4 is 24.1 Å². The van der Waals surface area contributed by atoms with Crippen molar-refractivity contribution in [2.24, 2.45) is 0 Å². The molecule has 0 atom stereocenters. The fourth-order valence-corrected chi connectivity index (χ4v) is 13.1. The van der Waals surface area contributed by atoms with E-state index in [1.54, 1.807) is 0 Å². The molecule has 3 nitrogen and oxygen atoms in total. The van der Waals surface area contributed by atoms with Crippen LogP contribution in [0.2, 0.25) is 0 Å². The third-order valence-electron chi connectivity index (χ3n) is 9.28. The van der Waals surface area contributed by atoms with Crippen LogP contribution in [-0.2, 0) is 0 Å². The van der Waals surface area contributed by atoms with E-state index in [9.17, 15) is 0 Å². The molecule has 0 N–H and O–H groups in total. The van der Waals surface area contributed by atoms with E-state index in [2.05, 4.69) is 176 Å². The normalized spacial score (nSPS) is 11.7. The Hall–Kier alpha value is -4.70. The summed E-state index contributed by atoms with van der Waals surface area (Å²) in [5.41, 5.74) is 6.87. The monoisotopic (exact) mass is 815 g/mol. The molecule has 47 heavy (non-hydrogen) atoms. The first-order valence-electron chi connectivity index (χ1n) is 15.9. The Labute approximate surface area is 291 Å². The Morgan fingerprint density at radius 3 is 1.68 bits per heavy atom. The van der Waals surface area contributed by atoms with E-state index in [0.717, 1.165) is 50.9 Å². The summed E-state index contributed by atoms with van der Waals surface area (Å²) in [4.78, 5) is 9.89. The van der Waals surface area contributed by atoms with Gasteiger partial charge in [0.25, 0.3) is 0 Å². The molecule has 224 valence electrons. The van der Waals surface area contributed by atoms with Gasteiger partial charge >= 0.3 is 234 Å². The number of para-hydroxylation sites is 2. The minimum atomic E-state index is -2.86. The molecule has 0 saturated carbocycles. The van der Waals surface area contributed by atoms with Crippen LogP contribution in [0.15, 0.2) is 158 Å². The van der Waals surface area contributed by atoms with E-state index in [1.807, 2.05) is 0 Å². The molecule has 2 radical (unpaired) electrons. The van der Waals surface area contributed by atoms with Crippen molar-refractivity contribution in [1.82, 2.24) is 14.5 Å². The van der Waals surface area contributed by atoms with Gasteiger partial charge in [0.05, 0.1) is 0 Å². The summed E-state index contributed by atoms with van der Waals surface area (Å²) in [5.74, 6) is 0.810. The summed E-state index contributed by atoms with van der Waals surface area (Å²) in [5, 5.41) is 7.86. The zero-order valence-corrected chi connectivity index (χ0v) is 30.8. The number of aromatic nitrogens is 3. The van der Waals surface area contributed by atoms with Crippen molar-refractivity contribution in [3.8, 4) is 17.1 Å². The Morgan fingerprint density at radius 1 is 0.511 bits per heavy atom. The van der Waals surface area contributed by atoms with Gasteiger partial charge in [-0.25, -0.2) is 0 Å². The van der Waals surface area contributed by atoms with Crippen LogP contribution in [-0.4, -0.2) is 47.3 Å². The molecule has 0 aliphatic rings. The average Bonchev–Trinajstić information content (AvgIpc) is 3.44. The van der Waals surface area contributed by atoms with Crippen LogP contribution >= 0.6 is 0 Å². The summed E-state index contributed by atoms with van der Waals surface area (Å²) in [6, 6.07) is 58.1.